The van der Waals surface area contributed by atoms with Crippen LogP contribution in [0, 0.1) is 0 Å². The number of hydrogen-bond donors (Lipinski definition) is 1. The van der Waals surface area contributed by atoms with Crippen molar-refractivity contribution >= 4 is 11.6 Å². The SMILES string of the molecule is C[n+]1c(-c2ccc(Cl)cc2)oc(O)c1-c1ccccc1. The van der Waals surface area contributed by atoms with E-state index >= 15 is 0 Å². The summed E-state index contributed by atoms with van der Waals surface area (Å²) < 4.78 is 7.33. The highest BCUT2D eigenvalue weighted by Gasteiger charge is 2.28. The van der Waals surface area contributed by atoms with Gasteiger partial charge < -0.3 is 9.52 Å². The first-order chi connectivity index (χ1) is 9.66. The van der Waals surface area contributed by atoms with Crippen molar-refractivity contribution in [2.24, 2.45) is 7.05 Å². The van der Waals surface area contributed by atoms with Gasteiger partial charge in [0.25, 0.3) is 5.69 Å². The van der Waals surface area contributed by atoms with Crippen LogP contribution in [0.2, 0.25) is 5.02 Å². The maximum absolute atomic E-state index is 10.1. The molecule has 0 atom stereocenters. The molecule has 3 nitrogen and oxygen atoms in total. The highest BCUT2D eigenvalue weighted by molar-refractivity contribution is 6.30. The lowest BCUT2D eigenvalue weighted by Crippen LogP contribution is -2.30. The van der Waals surface area contributed by atoms with Crippen molar-refractivity contribution in [1.82, 2.24) is 0 Å². The predicted octanol–water partition coefficient (Wildman–Crippen LogP) is 3.80. The number of hydrogen-bond acceptors (Lipinski definition) is 2. The van der Waals surface area contributed by atoms with Gasteiger partial charge in [-0.2, -0.15) is 4.57 Å². The van der Waals surface area contributed by atoms with E-state index in [-0.39, 0.29) is 5.95 Å². The average Bonchev–Trinajstić information content (AvgIpc) is 2.76. The minimum atomic E-state index is -0.0938. The Kier molecular flexibility index (Phi) is 3.20. The van der Waals surface area contributed by atoms with Crippen molar-refractivity contribution in [3.8, 4) is 28.7 Å². The van der Waals surface area contributed by atoms with Gasteiger partial charge in [0, 0.05) is 5.02 Å². The summed E-state index contributed by atoms with van der Waals surface area (Å²) in [5, 5.41) is 10.7. The van der Waals surface area contributed by atoms with Gasteiger partial charge in [0.15, 0.2) is 0 Å². The van der Waals surface area contributed by atoms with Crippen molar-refractivity contribution in [1.29, 1.82) is 0 Å². The third-order valence-corrected chi connectivity index (χ3v) is 3.43. The van der Waals surface area contributed by atoms with E-state index in [1.807, 2.05) is 54.1 Å². The number of aromatic hydroxyl groups is 1. The van der Waals surface area contributed by atoms with Gasteiger partial charge in [0.2, 0.25) is 0 Å². The van der Waals surface area contributed by atoms with Gasteiger partial charge in [-0.3, -0.25) is 0 Å². The summed E-state index contributed by atoms with van der Waals surface area (Å²) in [6.07, 6.45) is 0. The Hall–Kier alpha value is -2.26. The molecule has 3 rings (SSSR count). The van der Waals surface area contributed by atoms with Crippen LogP contribution in [0.3, 0.4) is 0 Å². The maximum atomic E-state index is 10.1. The Labute approximate surface area is 121 Å². The van der Waals surface area contributed by atoms with Crippen LogP contribution in [-0.2, 0) is 7.05 Å². The number of nitrogens with zero attached hydrogens (tertiary/aromatic N) is 1. The number of benzene rings is 2. The molecular weight excluding hydrogens is 274 g/mol. The van der Waals surface area contributed by atoms with Crippen molar-refractivity contribution in [2.75, 3.05) is 0 Å². The molecule has 0 amide bonds. The molecule has 0 aliphatic heterocycles. The van der Waals surface area contributed by atoms with E-state index in [1.54, 1.807) is 12.1 Å². The minimum Gasteiger partial charge on any atom is -0.476 e. The summed E-state index contributed by atoms with van der Waals surface area (Å²) in [6.45, 7) is 0. The number of rotatable bonds is 2. The first kappa shape index (κ1) is 12.8. The standard InChI is InChI=1S/C16H12ClNO2/c1-18-14(11-5-3-2-4-6-11)16(19)20-15(18)12-7-9-13(17)10-8-12/h2-10H,1H3/p+1. The van der Waals surface area contributed by atoms with Crippen LogP contribution >= 0.6 is 11.6 Å². The smallest absolute Gasteiger partial charge is 0.383 e. The molecule has 0 aliphatic rings. The third kappa shape index (κ3) is 2.17. The second-order valence-electron chi connectivity index (χ2n) is 4.49. The second-order valence-corrected chi connectivity index (χ2v) is 4.93. The summed E-state index contributed by atoms with van der Waals surface area (Å²) in [5.41, 5.74) is 2.40. The van der Waals surface area contributed by atoms with E-state index in [4.69, 9.17) is 16.0 Å². The van der Waals surface area contributed by atoms with Crippen LogP contribution < -0.4 is 4.57 Å². The molecule has 0 saturated carbocycles. The number of halogens is 1. The number of oxazole rings is 1. The average molecular weight is 287 g/mol. The highest BCUT2D eigenvalue weighted by atomic mass is 35.5. The molecule has 4 heteroatoms. The summed E-state index contributed by atoms with van der Waals surface area (Å²) in [7, 11) is 1.86. The van der Waals surface area contributed by atoms with E-state index in [9.17, 15) is 5.11 Å². The molecule has 3 aromatic rings. The Bertz CT molecular complexity index is 733. The van der Waals surface area contributed by atoms with Gasteiger partial charge in [0.1, 0.15) is 7.05 Å². The molecule has 0 aliphatic carbocycles. The van der Waals surface area contributed by atoms with E-state index in [0.717, 1.165) is 11.1 Å². The monoisotopic (exact) mass is 286 g/mol. The van der Waals surface area contributed by atoms with Crippen LogP contribution in [0.4, 0.5) is 0 Å². The fourth-order valence-corrected chi connectivity index (χ4v) is 2.34. The van der Waals surface area contributed by atoms with Crippen molar-refractivity contribution < 1.29 is 14.1 Å². The van der Waals surface area contributed by atoms with Gasteiger partial charge in [0.05, 0.1) is 11.1 Å². The molecule has 20 heavy (non-hydrogen) atoms. The van der Waals surface area contributed by atoms with E-state index in [0.29, 0.717) is 16.6 Å². The Morgan fingerprint density at radius 2 is 1.60 bits per heavy atom. The lowest BCUT2D eigenvalue weighted by molar-refractivity contribution is -0.652. The van der Waals surface area contributed by atoms with Gasteiger partial charge in [-0.25, -0.2) is 0 Å². The summed E-state index contributed by atoms with van der Waals surface area (Å²) in [6, 6.07) is 16.9. The third-order valence-electron chi connectivity index (χ3n) is 3.17. The molecule has 0 unspecified atom stereocenters. The Balaban J connectivity index is 2.14. The normalized spacial score (nSPS) is 10.7. The summed E-state index contributed by atoms with van der Waals surface area (Å²) in [5.74, 6) is 0.488. The van der Waals surface area contributed by atoms with Crippen LogP contribution in [0.1, 0.15) is 0 Å². The quantitative estimate of drug-likeness (QED) is 0.728. The van der Waals surface area contributed by atoms with Crippen LogP contribution in [0.25, 0.3) is 22.7 Å². The zero-order valence-corrected chi connectivity index (χ0v) is 11.6. The molecule has 0 fully saturated rings. The van der Waals surface area contributed by atoms with Gasteiger partial charge in [-0.1, -0.05) is 29.8 Å². The van der Waals surface area contributed by atoms with Gasteiger partial charge in [-0.15, -0.1) is 0 Å². The zero-order chi connectivity index (χ0) is 14.1. The van der Waals surface area contributed by atoms with Crippen molar-refractivity contribution in [3.05, 3.63) is 59.6 Å². The Morgan fingerprint density at radius 1 is 0.950 bits per heavy atom. The summed E-state index contributed by atoms with van der Waals surface area (Å²) in [4.78, 5) is 0. The first-order valence-electron chi connectivity index (χ1n) is 6.20. The van der Waals surface area contributed by atoms with E-state index in [2.05, 4.69) is 0 Å². The largest absolute Gasteiger partial charge is 0.476 e. The molecule has 1 N–H and O–H groups in total. The fraction of sp³-hybridized carbons (Fsp3) is 0.0625. The van der Waals surface area contributed by atoms with Crippen LogP contribution in [0.15, 0.2) is 59.0 Å². The molecule has 0 radical (unpaired) electrons. The van der Waals surface area contributed by atoms with Crippen molar-refractivity contribution in [2.45, 2.75) is 0 Å². The topological polar surface area (TPSA) is 37.2 Å². The summed E-state index contributed by atoms with van der Waals surface area (Å²) >= 11 is 5.88. The van der Waals surface area contributed by atoms with E-state index < -0.39 is 0 Å². The van der Waals surface area contributed by atoms with Crippen molar-refractivity contribution in [3.63, 3.8) is 0 Å². The zero-order valence-electron chi connectivity index (χ0n) is 10.9. The Morgan fingerprint density at radius 3 is 2.25 bits per heavy atom. The second kappa shape index (κ2) is 5.02. The minimum absolute atomic E-state index is 0.0938. The molecule has 1 aromatic heterocycles. The lowest BCUT2D eigenvalue weighted by atomic mass is 10.1. The predicted molar refractivity (Wildman–Crippen MR) is 77.4 cm³/mol. The molecule has 1 heterocycles. The maximum Gasteiger partial charge on any atom is 0.383 e. The first-order valence-corrected chi connectivity index (χ1v) is 6.58. The molecular formula is C16H13ClNO2+. The molecule has 100 valence electrons. The van der Waals surface area contributed by atoms with E-state index in [1.165, 1.54) is 0 Å². The molecule has 0 saturated heterocycles. The fourth-order valence-electron chi connectivity index (χ4n) is 2.21. The number of aromatic nitrogens is 1. The van der Waals surface area contributed by atoms with Gasteiger partial charge in [-0.05, 0) is 36.4 Å². The highest BCUT2D eigenvalue weighted by Crippen LogP contribution is 2.31. The molecule has 2 aromatic carbocycles. The van der Waals surface area contributed by atoms with Gasteiger partial charge >= 0.3 is 11.8 Å². The molecule has 0 spiro atoms. The molecule has 0 bridgehead atoms. The van der Waals surface area contributed by atoms with Crippen LogP contribution in [0.5, 0.6) is 5.95 Å². The van der Waals surface area contributed by atoms with Crippen LogP contribution in [-0.4, -0.2) is 5.11 Å². The lowest BCUT2D eigenvalue weighted by Gasteiger charge is -1.95.